The first kappa shape index (κ1) is 28.6. The Kier molecular flexibility index (Phi) is 23.8. The monoisotopic (exact) mass is 368 g/mol. The first-order valence-corrected chi connectivity index (χ1v) is 8.45. The Morgan fingerprint density at radius 2 is 1.20 bits per heavy atom. The van der Waals surface area contributed by atoms with Gasteiger partial charge in [-0.25, -0.2) is 0 Å². The third-order valence-electron chi connectivity index (χ3n) is 2.35. The molecule has 152 valence electrons. The first-order chi connectivity index (χ1) is 11.6. The van der Waals surface area contributed by atoms with Crippen LogP contribution in [0.25, 0.3) is 0 Å². The number of unbranched alkanes of at least 4 members (excludes halogenated alkanes) is 2. The number of aliphatic hydroxyl groups is 4. The van der Waals surface area contributed by atoms with E-state index in [1.807, 2.05) is 20.8 Å². The van der Waals surface area contributed by atoms with E-state index in [2.05, 4.69) is 0 Å². The van der Waals surface area contributed by atoms with Crippen LogP contribution in [0.4, 0.5) is 0 Å². The second-order valence-corrected chi connectivity index (χ2v) is 6.42. The van der Waals surface area contributed by atoms with Gasteiger partial charge in [-0.05, 0) is 31.1 Å². The summed E-state index contributed by atoms with van der Waals surface area (Å²) in [5.41, 5.74) is -0.0171. The maximum absolute atomic E-state index is 11.2. The molecular weight excluding hydrogens is 332 g/mol. The van der Waals surface area contributed by atoms with Crippen LogP contribution in [0.1, 0.15) is 59.3 Å². The lowest BCUT2D eigenvalue weighted by Crippen LogP contribution is -2.18. The highest BCUT2D eigenvalue weighted by atomic mass is 16.5. The van der Waals surface area contributed by atoms with E-state index in [0.29, 0.717) is 25.9 Å². The minimum atomic E-state index is -0.821. The van der Waals surface area contributed by atoms with Crippen LogP contribution < -0.4 is 0 Å². The summed E-state index contributed by atoms with van der Waals surface area (Å²) in [4.78, 5) is 21.3. The summed E-state index contributed by atoms with van der Waals surface area (Å²) >= 11 is 0. The molecule has 0 aliphatic heterocycles. The Morgan fingerprint density at radius 1 is 0.760 bits per heavy atom. The van der Waals surface area contributed by atoms with E-state index in [4.69, 9.17) is 30.3 Å². The Hall–Kier alpha value is -1.22. The molecule has 25 heavy (non-hydrogen) atoms. The molecule has 8 nitrogen and oxygen atoms in total. The number of rotatable bonds is 10. The van der Waals surface area contributed by atoms with Crippen LogP contribution in [0.15, 0.2) is 0 Å². The molecule has 0 atom stereocenters. The van der Waals surface area contributed by atoms with Crippen molar-refractivity contribution in [2.75, 3.05) is 33.0 Å². The Balaban J connectivity index is -0.000000397. The highest BCUT2D eigenvalue weighted by molar-refractivity contribution is 5.69. The fourth-order valence-electron chi connectivity index (χ4n) is 1.14. The number of aliphatic carboxylic acids is 1. The van der Waals surface area contributed by atoms with Gasteiger partial charge in [0.2, 0.25) is 0 Å². The van der Waals surface area contributed by atoms with E-state index in [1.54, 1.807) is 0 Å². The van der Waals surface area contributed by atoms with Gasteiger partial charge >= 0.3 is 11.9 Å². The third kappa shape index (κ3) is 39.5. The zero-order chi connectivity index (χ0) is 20.1. The molecule has 0 aromatic carbocycles. The predicted molar refractivity (Wildman–Crippen MR) is 94.1 cm³/mol. The summed E-state index contributed by atoms with van der Waals surface area (Å²) < 4.78 is 5.03. The number of hydrogen-bond donors (Lipinski definition) is 5. The number of esters is 1. The van der Waals surface area contributed by atoms with Crippen LogP contribution in [0.2, 0.25) is 0 Å². The number of aliphatic hydroxyl groups excluding tert-OH is 4. The van der Waals surface area contributed by atoms with E-state index < -0.39 is 5.97 Å². The number of carbonyl (C=O) groups is 2. The van der Waals surface area contributed by atoms with E-state index in [0.717, 1.165) is 12.8 Å². The maximum Gasteiger partial charge on any atom is 0.305 e. The third-order valence-corrected chi connectivity index (χ3v) is 2.35. The molecule has 0 aliphatic rings. The van der Waals surface area contributed by atoms with Crippen LogP contribution in [-0.2, 0) is 14.3 Å². The molecule has 8 heteroatoms. The van der Waals surface area contributed by atoms with E-state index in [1.165, 1.54) is 0 Å². The van der Waals surface area contributed by atoms with Crippen molar-refractivity contribution >= 4 is 11.9 Å². The molecule has 0 unspecified atom stereocenters. The van der Waals surface area contributed by atoms with Crippen molar-refractivity contribution in [1.82, 2.24) is 0 Å². The van der Waals surface area contributed by atoms with Crippen LogP contribution in [0.5, 0.6) is 0 Å². The van der Waals surface area contributed by atoms with Crippen LogP contribution in [0, 0.1) is 5.41 Å². The zero-order valence-corrected chi connectivity index (χ0v) is 15.7. The minimum Gasteiger partial charge on any atom is -0.481 e. The first-order valence-electron chi connectivity index (χ1n) is 8.45. The lowest BCUT2D eigenvalue weighted by Gasteiger charge is -2.17. The molecule has 0 radical (unpaired) electrons. The summed E-state index contributed by atoms with van der Waals surface area (Å²) in [7, 11) is 0. The largest absolute Gasteiger partial charge is 0.481 e. The highest BCUT2D eigenvalue weighted by Crippen LogP contribution is 2.13. The fraction of sp³-hybridized carbons (Fsp3) is 0.882. The van der Waals surface area contributed by atoms with Gasteiger partial charge in [-0.1, -0.05) is 20.8 Å². The summed E-state index contributed by atoms with van der Waals surface area (Å²) in [5.74, 6) is -1.06. The number of hydrogen-bond acceptors (Lipinski definition) is 7. The standard InChI is InChI=1S/C11H20O4.C4H10O2.C2H6O2/c1-11(2,3)8-15-10(14)7-5-4-6-9(12)13;5-3-1-2-4-6;3-1-2-4/h4-8H2,1-3H3,(H,12,13);5-6H,1-4H2;3-4H,1-2H2. The maximum atomic E-state index is 11.2. The average molecular weight is 368 g/mol. The molecule has 0 aromatic heterocycles. The van der Waals surface area contributed by atoms with Gasteiger partial charge in [0.1, 0.15) is 0 Å². The van der Waals surface area contributed by atoms with E-state index in [-0.39, 0.29) is 44.2 Å². The molecule has 0 bridgehead atoms. The summed E-state index contributed by atoms with van der Waals surface area (Å²) in [6, 6.07) is 0. The Morgan fingerprint density at radius 3 is 1.52 bits per heavy atom. The second-order valence-electron chi connectivity index (χ2n) is 6.42. The van der Waals surface area contributed by atoms with Crippen molar-refractivity contribution in [2.45, 2.75) is 59.3 Å². The zero-order valence-electron chi connectivity index (χ0n) is 15.7. The lowest BCUT2D eigenvalue weighted by molar-refractivity contribution is -0.147. The molecule has 0 rings (SSSR count). The number of carboxylic acid groups (broad SMARTS) is 1. The van der Waals surface area contributed by atoms with E-state index >= 15 is 0 Å². The summed E-state index contributed by atoms with van der Waals surface area (Å²) in [6.07, 6.45) is 2.97. The average Bonchev–Trinajstić information content (AvgIpc) is 2.55. The normalized spacial score (nSPS) is 10.0. The fourth-order valence-corrected chi connectivity index (χ4v) is 1.14. The van der Waals surface area contributed by atoms with Gasteiger partial charge in [0.05, 0.1) is 19.8 Å². The van der Waals surface area contributed by atoms with Crippen molar-refractivity contribution in [3.63, 3.8) is 0 Å². The van der Waals surface area contributed by atoms with Crippen LogP contribution >= 0.6 is 0 Å². The second kappa shape index (κ2) is 20.8. The lowest BCUT2D eigenvalue weighted by atomic mass is 9.99. The minimum absolute atomic E-state index is 0.0171. The van der Waals surface area contributed by atoms with Gasteiger partial charge in [0.15, 0.2) is 0 Å². The molecule has 0 saturated heterocycles. The number of ether oxygens (including phenoxy) is 1. The van der Waals surface area contributed by atoms with Crippen molar-refractivity contribution in [1.29, 1.82) is 0 Å². The molecule has 0 spiro atoms. The van der Waals surface area contributed by atoms with Crippen molar-refractivity contribution < 1.29 is 39.9 Å². The molecule has 0 fully saturated rings. The Bertz CT molecular complexity index is 294. The highest BCUT2D eigenvalue weighted by Gasteiger charge is 2.13. The van der Waals surface area contributed by atoms with Crippen molar-refractivity contribution in [3.05, 3.63) is 0 Å². The van der Waals surface area contributed by atoms with Gasteiger partial charge < -0.3 is 30.3 Å². The molecule has 0 aliphatic carbocycles. The smallest absolute Gasteiger partial charge is 0.305 e. The van der Waals surface area contributed by atoms with Crippen molar-refractivity contribution in [3.8, 4) is 0 Å². The molecule has 0 aromatic rings. The predicted octanol–water partition coefficient (Wildman–Crippen LogP) is 0.943. The number of carbonyl (C=O) groups excluding carboxylic acids is 1. The molecule has 0 heterocycles. The number of carboxylic acids is 1. The summed E-state index contributed by atoms with van der Waals surface area (Å²) in [6.45, 7) is 6.52. The van der Waals surface area contributed by atoms with E-state index in [9.17, 15) is 9.59 Å². The van der Waals surface area contributed by atoms with Crippen molar-refractivity contribution in [2.24, 2.45) is 5.41 Å². The molecule has 0 saturated carbocycles. The Labute approximate surface area is 150 Å². The van der Waals surface area contributed by atoms with Crippen LogP contribution in [-0.4, -0.2) is 70.5 Å². The van der Waals surface area contributed by atoms with Gasteiger partial charge in [-0.2, -0.15) is 0 Å². The van der Waals surface area contributed by atoms with Crippen LogP contribution in [0.3, 0.4) is 0 Å². The molecule has 5 N–H and O–H groups in total. The summed E-state index contributed by atoms with van der Waals surface area (Å²) in [5, 5.41) is 39.8. The van der Waals surface area contributed by atoms with Gasteiger partial charge in [-0.15, -0.1) is 0 Å². The van der Waals surface area contributed by atoms with Gasteiger partial charge in [0.25, 0.3) is 0 Å². The molecule has 0 amide bonds. The van der Waals surface area contributed by atoms with Gasteiger partial charge in [0, 0.05) is 26.1 Å². The van der Waals surface area contributed by atoms with Gasteiger partial charge in [-0.3, -0.25) is 9.59 Å². The molecular formula is C17H36O8. The topological polar surface area (TPSA) is 145 Å². The SMILES string of the molecule is CC(C)(C)COC(=O)CCCCC(=O)O.OCCCCO.OCCO. The quantitative estimate of drug-likeness (QED) is 0.283.